The fourth-order valence-electron chi connectivity index (χ4n) is 2.01. The van der Waals surface area contributed by atoms with E-state index in [0.717, 1.165) is 12.8 Å². The summed E-state index contributed by atoms with van der Waals surface area (Å²) in [7, 11) is -3.58. The van der Waals surface area contributed by atoms with Crippen molar-refractivity contribution in [2.75, 3.05) is 18.9 Å². The van der Waals surface area contributed by atoms with Crippen molar-refractivity contribution in [1.29, 1.82) is 0 Å². The van der Waals surface area contributed by atoms with E-state index in [0.29, 0.717) is 17.2 Å². The molecular formula is C12H17ClN2O3S. The molecule has 1 saturated heterocycles. The second kappa shape index (κ2) is 5.66. The lowest BCUT2D eigenvalue weighted by Gasteiger charge is -2.13. The van der Waals surface area contributed by atoms with Crippen LogP contribution < -0.4 is 10.5 Å². The number of sulfonamides is 1. The van der Waals surface area contributed by atoms with Gasteiger partial charge < -0.3 is 10.5 Å². The van der Waals surface area contributed by atoms with Crippen LogP contribution in [-0.2, 0) is 14.8 Å². The summed E-state index contributed by atoms with van der Waals surface area (Å²) in [4.78, 5) is 0.130. The van der Waals surface area contributed by atoms with Crippen LogP contribution in [0.15, 0.2) is 17.0 Å². The maximum atomic E-state index is 12.1. The van der Waals surface area contributed by atoms with Gasteiger partial charge in [0.05, 0.1) is 21.7 Å². The lowest BCUT2D eigenvalue weighted by molar-refractivity contribution is 0.114. The third kappa shape index (κ3) is 3.39. The predicted molar refractivity (Wildman–Crippen MR) is 74.8 cm³/mol. The maximum Gasteiger partial charge on any atom is 0.240 e. The van der Waals surface area contributed by atoms with E-state index in [1.165, 1.54) is 12.1 Å². The Bertz CT molecular complexity index is 545. The van der Waals surface area contributed by atoms with Crippen LogP contribution in [0.5, 0.6) is 0 Å². The number of benzene rings is 1. The molecule has 0 spiro atoms. The molecule has 1 unspecified atom stereocenters. The minimum Gasteiger partial charge on any atom is -0.397 e. The fourth-order valence-corrected chi connectivity index (χ4v) is 3.30. The van der Waals surface area contributed by atoms with Crippen LogP contribution in [0.2, 0.25) is 5.02 Å². The zero-order valence-corrected chi connectivity index (χ0v) is 12.2. The Morgan fingerprint density at radius 3 is 2.84 bits per heavy atom. The second-order valence-corrected chi connectivity index (χ2v) is 6.78. The van der Waals surface area contributed by atoms with Gasteiger partial charge in [-0.3, -0.25) is 0 Å². The highest BCUT2D eigenvalue weighted by Crippen LogP contribution is 2.26. The van der Waals surface area contributed by atoms with Gasteiger partial charge in [-0.15, -0.1) is 0 Å². The average Bonchev–Trinajstić information content (AvgIpc) is 2.86. The van der Waals surface area contributed by atoms with Crippen molar-refractivity contribution in [2.24, 2.45) is 0 Å². The molecule has 0 saturated carbocycles. The quantitative estimate of drug-likeness (QED) is 0.829. The van der Waals surface area contributed by atoms with E-state index in [1.54, 1.807) is 6.92 Å². The molecule has 1 aromatic rings. The lowest BCUT2D eigenvalue weighted by Crippen LogP contribution is -2.31. The zero-order valence-electron chi connectivity index (χ0n) is 10.6. The van der Waals surface area contributed by atoms with E-state index in [-0.39, 0.29) is 23.2 Å². The Morgan fingerprint density at radius 2 is 2.26 bits per heavy atom. The number of hydrogen-bond acceptors (Lipinski definition) is 4. The van der Waals surface area contributed by atoms with Crippen molar-refractivity contribution in [3.05, 3.63) is 22.7 Å². The van der Waals surface area contributed by atoms with Gasteiger partial charge in [0.15, 0.2) is 0 Å². The molecular weight excluding hydrogens is 288 g/mol. The van der Waals surface area contributed by atoms with Gasteiger partial charge in [-0.1, -0.05) is 11.6 Å². The van der Waals surface area contributed by atoms with Crippen LogP contribution in [0.3, 0.4) is 0 Å². The largest absolute Gasteiger partial charge is 0.397 e. The fraction of sp³-hybridized carbons (Fsp3) is 0.500. The number of ether oxygens (including phenoxy) is 1. The molecule has 19 heavy (non-hydrogen) atoms. The molecule has 0 amide bonds. The van der Waals surface area contributed by atoms with Crippen molar-refractivity contribution in [1.82, 2.24) is 4.72 Å². The van der Waals surface area contributed by atoms with E-state index in [2.05, 4.69) is 4.72 Å². The normalized spacial score (nSPS) is 19.8. The van der Waals surface area contributed by atoms with Crippen molar-refractivity contribution in [2.45, 2.75) is 30.8 Å². The SMILES string of the molecule is Cc1cc(S(=O)(=O)NCC2CCCO2)cc(N)c1Cl. The Balaban J connectivity index is 2.14. The van der Waals surface area contributed by atoms with Crippen molar-refractivity contribution >= 4 is 27.3 Å². The zero-order chi connectivity index (χ0) is 14.0. The Kier molecular flexibility index (Phi) is 4.35. The second-order valence-electron chi connectivity index (χ2n) is 4.63. The number of nitrogen functional groups attached to an aromatic ring is 1. The first kappa shape index (κ1) is 14.6. The van der Waals surface area contributed by atoms with Gasteiger partial charge in [0.2, 0.25) is 10.0 Å². The molecule has 3 N–H and O–H groups in total. The third-order valence-corrected chi connectivity index (χ3v) is 5.01. The summed E-state index contributed by atoms with van der Waals surface area (Å²) in [6.45, 7) is 2.70. The van der Waals surface area contributed by atoms with Crippen LogP contribution in [0.4, 0.5) is 5.69 Å². The molecule has 0 aliphatic carbocycles. The van der Waals surface area contributed by atoms with Gasteiger partial charge >= 0.3 is 0 Å². The van der Waals surface area contributed by atoms with Crippen LogP contribution in [0.1, 0.15) is 18.4 Å². The molecule has 7 heteroatoms. The number of rotatable bonds is 4. The third-order valence-electron chi connectivity index (χ3n) is 3.09. The number of nitrogens with two attached hydrogens (primary N) is 1. The minimum absolute atomic E-state index is 0.0412. The number of anilines is 1. The Morgan fingerprint density at radius 1 is 1.53 bits per heavy atom. The molecule has 0 radical (unpaired) electrons. The maximum absolute atomic E-state index is 12.1. The van der Waals surface area contributed by atoms with E-state index in [9.17, 15) is 8.42 Å². The van der Waals surface area contributed by atoms with E-state index < -0.39 is 10.0 Å². The molecule has 1 atom stereocenters. The van der Waals surface area contributed by atoms with Gasteiger partial charge in [0, 0.05) is 13.2 Å². The molecule has 5 nitrogen and oxygen atoms in total. The van der Waals surface area contributed by atoms with Gasteiger partial charge in [0.25, 0.3) is 0 Å². The molecule has 1 aliphatic rings. The summed E-state index contributed by atoms with van der Waals surface area (Å²) < 4.78 is 32.2. The molecule has 106 valence electrons. The van der Waals surface area contributed by atoms with E-state index in [1.807, 2.05) is 0 Å². The van der Waals surface area contributed by atoms with Crippen molar-refractivity contribution < 1.29 is 13.2 Å². The topological polar surface area (TPSA) is 81.4 Å². The highest BCUT2D eigenvalue weighted by molar-refractivity contribution is 7.89. The summed E-state index contributed by atoms with van der Waals surface area (Å²) in [6, 6.07) is 2.88. The van der Waals surface area contributed by atoms with Gasteiger partial charge in [-0.2, -0.15) is 0 Å². The Labute approximate surface area is 118 Å². The van der Waals surface area contributed by atoms with E-state index >= 15 is 0 Å². The molecule has 0 bridgehead atoms. The highest BCUT2D eigenvalue weighted by atomic mass is 35.5. The van der Waals surface area contributed by atoms with Crippen LogP contribution in [0, 0.1) is 6.92 Å². The van der Waals surface area contributed by atoms with E-state index in [4.69, 9.17) is 22.1 Å². The lowest BCUT2D eigenvalue weighted by atomic mass is 10.2. The molecule has 2 rings (SSSR count). The first-order valence-corrected chi connectivity index (χ1v) is 7.93. The predicted octanol–water partition coefficient (Wildman–Crippen LogP) is 1.69. The summed E-state index contributed by atoms with van der Waals surface area (Å²) in [5, 5.41) is 0.387. The summed E-state index contributed by atoms with van der Waals surface area (Å²) in [5.41, 5.74) is 6.59. The van der Waals surface area contributed by atoms with Gasteiger partial charge in [-0.05, 0) is 37.5 Å². The highest BCUT2D eigenvalue weighted by Gasteiger charge is 2.21. The smallest absolute Gasteiger partial charge is 0.240 e. The monoisotopic (exact) mass is 304 g/mol. The first-order chi connectivity index (χ1) is 8.90. The molecule has 1 fully saturated rings. The molecule has 1 aliphatic heterocycles. The Hall–Kier alpha value is -0.820. The minimum atomic E-state index is -3.58. The van der Waals surface area contributed by atoms with Crippen molar-refractivity contribution in [3.63, 3.8) is 0 Å². The van der Waals surface area contributed by atoms with Crippen LogP contribution in [-0.4, -0.2) is 27.7 Å². The number of aryl methyl sites for hydroxylation is 1. The summed E-state index contributed by atoms with van der Waals surface area (Å²) >= 11 is 5.92. The van der Waals surface area contributed by atoms with Crippen LogP contribution in [0.25, 0.3) is 0 Å². The molecule has 1 heterocycles. The van der Waals surface area contributed by atoms with Gasteiger partial charge in [0.1, 0.15) is 0 Å². The standard InChI is InChI=1S/C12H17ClN2O3S/c1-8-5-10(6-11(14)12(8)13)19(16,17)15-7-9-3-2-4-18-9/h5-6,9,15H,2-4,7,14H2,1H3. The average molecular weight is 305 g/mol. The first-order valence-electron chi connectivity index (χ1n) is 6.07. The summed E-state index contributed by atoms with van der Waals surface area (Å²) in [5.74, 6) is 0. The van der Waals surface area contributed by atoms with Gasteiger partial charge in [-0.25, -0.2) is 13.1 Å². The molecule has 1 aromatic carbocycles. The molecule has 0 aromatic heterocycles. The number of nitrogens with one attached hydrogen (secondary N) is 1. The van der Waals surface area contributed by atoms with Crippen LogP contribution >= 0.6 is 11.6 Å². The number of hydrogen-bond donors (Lipinski definition) is 2. The summed E-state index contributed by atoms with van der Waals surface area (Å²) in [6.07, 6.45) is 1.81. The van der Waals surface area contributed by atoms with Crippen molar-refractivity contribution in [3.8, 4) is 0 Å². The number of halogens is 1.